The predicted molar refractivity (Wildman–Crippen MR) is 92.3 cm³/mol. The quantitative estimate of drug-likeness (QED) is 0.822. The highest BCUT2D eigenvalue weighted by Crippen LogP contribution is 2.22. The average molecular weight is 344 g/mol. The van der Waals surface area contributed by atoms with Gasteiger partial charge in [-0.1, -0.05) is 18.9 Å². The summed E-state index contributed by atoms with van der Waals surface area (Å²) in [6.07, 6.45) is 8.39. The maximum atomic E-state index is 12.1. The van der Waals surface area contributed by atoms with Crippen molar-refractivity contribution in [2.75, 3.05) is 6.61 Å². The van der Waals surface area contributed by atoms with E-state index in [0.29, 0.717) is 5.56 Å². The van der Waals surface area contributed by atoms with E-state index < -0.39 is 24.5 Å². The lowest BCUT2D eigenvalue weighted by molar-refractivity contribution is -0.123. The number of esters is 1. The van der Waals surface area contributed by atoms with Gasteiger partial charge in [-0.2, -0.15) is 0 Å². The lowest BCUT2D eigenvalue weighted by Crippen LogP contribution is -2.45. The zero-order chi connectivity index (χ0) is 17.6. The van der Waals surface area contributed by atoms with Crippen molar-refractivity contribution in [3.63, 3.8) is 0 Å². The summed E-state index contributed by atoms with van der Waals surface area (Å²) in [4.78, 5) is 35.5. The molecule has 3 rings (SSSR count). The van der Waals surface area contributed by atoms with Gasteiger partial charge in [0.1, 0.15) is 0 Å². The molecule has 2 aliphatic carbocycles. The molecular weight excluding hydrogens is 320 g/mol. The number of amides is 3. The van der Waals surface area contributed by atoms with Gasteiger partial charge in [-0.25, -0.2) is 9.59 Å². The van der Waals surface area contributed by atoms with Gasteiger partial charge < -0.3 is 10.1 Å². The maximum absolute atomic E-state index is 12.1. The largest absolute Gasteiger partial charge is 0.452 e. The van der Waals surface area contributed by atoms with Gasteiger partial charge in [0.2, 0.25) is 0 Å². The van der Waals surface area contributed by atoms with Crippen molar-refractivity contribution in [3.05, 3.63) is 34.9 Å². The van der Waals surface area contributed by atoms with Crippen molar-refractivity contribution in [2.24, 2.45) is 0 Å². The second kappa shape index (κ2) is 8.14. The third kappa shape index (κ3) is 4.81. The third-order valence-electron chi connectivity index (χ3n) is 4.86. The molecule has 0 bridgehead atoms. The van der Waals surface area contributed by atoms with Crippen LogP contribution in [-0.2, 0) is 22.4 Å². The van der Waals surface area contributed by atoms with Crippen LogP contribution in [0.15, 0.2) is 18.2 Å². The predicted octanol–water partition coefficient (Wildman–Crippen LogP) is 2.49. The molecule has 6 nitrogen and oxygen atoms in total. The van der Waals surface area contributed by atoms with Gasteiger partial charge in [0.25, 0.3) is 5.91 Å². The minimum Gasteiger partial charge on any atom is -0.452 e. The van der Waals surface area contributed by atoms with Gasteiger partial charge in [-0.3, -0.25) is 10.1 Å². The van der Waals surface area contributed by atoms with Crippen LogP contribution in [0.25, 0.3) is 0 Å². The summed E-state index contributed by atoms with van der Waals surface area (Å²) in [6, 6.07) is 5.14. The van der Waals surface area contributed by atoms with Crippen molar-refractivity contribution >= 4 is 17.9 Å². The standard InChI is InChI=1S/C19H24N2O4/c22-17(21-19(24)20-16-7-3-4-8-16)12-25-18(23)15-10-9-13-5-1-2-6-14(13)11-15/h9-11,16H,1-8,12H2,(H2,20,21,22,24). The van der Waals surface area contributed by atoms with Crippen molar-refractivity contribution in [3.8, 4) is 0 Å². The molecule has 134 valence electrons. The Morgan fingerprint density at radius 1 is 1.00 bits per heavy atom. The molecular formula is C19H24N2O4. The maximum Gasteiger partial charge on any atom is 0.338 e. The zero-order valence-electron chi connectivity index (χ0n) is 14.3. The number of rotatable bonds is 4. The molecule has 0 spiro atoms. The summed E-state index contributed by atoms with van der Waals surface area (Å²) >= 11 is 0. The van der Waals surface area contributed by atoms with Gasteiger partial charge in [0, 0.05) is 6.04 Å². The van der Waals surface area contributed by atoms with Gasteiger partial charge in [-0.05, 0) is 61.8 Å². The number of carbonyl (C=O) groups excluding carboxylic acids is 3. The Morgan fingerprint density at radius 3 is 2.48 bits per heavy atom. The molecule has 6 heteroatoms. The van der Waals surface area contributed by atoms with Crippen LogP contribution in [0, 0.1) is 0 Å². The first-order chi connectivity index (χ1) is 12.1. The molecule has 1 saturated carbocycles. The van der Waals surface area contributed by atoms with Crippen LogP contribution in [0.1, 0.15) is 60.0 Å². The highest BCUT2D eigenvalue weighted by atomic mass is 16.5. The van der Waals surface area contributed by atoms with E-state index in [-0.39, 0.29) is 6.04 Å². The van der Waals surface area contributed by atoms with Crippen LogP contribution in [0.5, 0.6) is 0 Å². The highest BCUT2D eigenvalue weighted by molar-refractivity contribution is 5.97. The smallest absolute Gasteiger partial charge is 0.338 e. The van der Waals surface area contributed by atoms with E-state index in [2.05, 4.69) is 10.6 Å². The first kappa shape index (κ1) is 17.5. The number of ether oxygens (including phenoxy) is 1. The molecule has 2 N–H and O–H groups in total. The SMILES string of the molecule is O=C(COC(=O)c1ccc2c(c1)CCCC2)NC(=O)NC1CCCC1. The topological polar surface area (TPSA) is 84.5 Å². The summed E-state index contributed by atoms with van der Waals surface area (Å²) in [5, 5.41) is 4.95. The molecule has 2 aliphatic rings. The van der Waals surface area contributed by atoms with E-state index >= 15 is 0 Å². The van der Waals surface area contributed by atoms with Crippen molar-refractivity contribution < 1.29 is 19.1 Å². The number of aryl methyl sites for hydroxylation is 2. The first-order valence-electron chi connectivity index (χ1n) is 9.01. The Bertz CT molecular complexity index is 665. The number of urea groups is 1. The summed E-state index contributed by atoms with van der Waals surface area (Å²) in [7, 11) is 0. The van der Waals surface area contributed by atoms with Crippen molar-refractivity contribution in [1.29, 1.82) is 0 Å². The second-order valence-corrected chi connectivity index (χ2v) is 6.77. The average Bonchev–Trinajstić information content (AvgIpc) is 3.12. The fourth-order valence-electron chi connectivity index (χ4n) is 3.53. The molecule has 0 aliphatic heterocycles. The Morgan fingerprint density at radius 2 is 1.72 bits per heavy atom. The Balaban J connectivity index is 1.45. The molecule has 0 aromatic heterocycles. The zero-order valence-corrected chi connectivity index (χ0v) is 14.3. The molecule has 1 fully saturated rings. The van der Waals surface area contributed by atoms with Crippen LogP contribution in [0.4, 0.5) is 4.79 Å². The van der Waals surface area contributed by atoms with Gasteiger partial charge >= 0.3 is 12.0 Å². The van der Waals surface area contributed by atoms with E-state index in [9.17, 15) is 14.4 Å². The molecule has 0 unspecified atom stereocenters. The normalized spacial score (nSPS) is 16.8. The third-order valence-corrected chi connectivity index (χ3v) is 4.86. The van der Waals surface area contributed by atoms with E-state index in [0.717, 1.165) is 44.9 Å². The number of imide groups is 1. The summed E-state index contributed by atoms with van der Waals surface area (Å²) in [5.74, 6) is -1.17. The number of carbonyl (C=O) groups is 3. The fourth-order valence-corrected chi connectivity index (χ4v) is 3.53. The van der Waals surface area contributed by atoms with Crippen molar-refractivity contribution in [2.45, 2.75) is 57.4 Å². The molecule has 1 aromatic rings. The first-order valence-corrected chi connectivity index (χ1v) is 9.01. The molecule has 0 heterocycles. The summed E-state index contributed by atoms with van der Waals surface area (Å²) < 4.78 is 5.02. The fraction of sp³-hybridized carbons (Fsp3) is 0.526. The summed E-state index contributed by atoms with van der Waals surface area (Å²) in [5.41, 5.74) is 2.91. The number of hydrogen-bond acceptors (Lipinski definition) is 4. The van der Waals surface area contributed by atoms with Gasteiger partial charge in [-0.15, -0.1) is 0 Å². The minimum atomic E-state index is -0.623. The Labute approximate surface area is 147 Å². The Kier molecular flexibility index (Phi) is 5.68. The van der Waals surface area contributed by atoms with Crippen molar-refractivity contribution in [1.82, 2.24) is 10.6 Å². The van der Waals surface area contributed by atoms with E-state index in [1.807, 2.05) is 12.1 Å². The van der Waals surface area contributed by atoms with Gasteiger partial charge in [0.05, 0.1) is 5.56 Å². The molecule has 1 aromatic carbocycles. The monoisotopic (exact) mass is 344 g/mol. The number of benzene rings is 1. The summed E-state index contributed by atoms with van der Waals surface area (Å²) in [6.45, 7) is -0.464. The second-order valence-electron chi connectivity index (χ2n) is 6.77. The lowest BCUT2D eigenvalue weighted by Gasteiger charge is -2.16. The molecule has 0 radical (unpaired) electrons. The molecule has 0 saturated heterocycles. The van der Waals surface area contributed by atoms with Crippen LogP contribution in [0.2, 0.25) is 0 Å². The van der Waals surface area contributed by atoms with E-state index in [4.69, 9.17) is 4.74 Å². The highest BCUT2D eigenvalue weighted by Gasteiger charge is 2.19. The minimum absolute atomic E-state index is 0.130. The number of nitrogens with one attached hydrogen (secondary N) is 2. The molecule has 25 heavy (non-hydrogen) atoms. The number of fused-ring (bicyclic) bond motifs is 1. The molecule has 0 atom stereocenters. The lowest BCUT2D eigenvalue weighted by atomic mass is 9.90. The van der Waals surface area contributed by atoms with E-state index in [1.165, 1.54) is 17.5 Å². The van der Waals surface area contributed by atoms with Crippen LogP contribution < -0.4 is 10.6 Å². The van der Waals surface area contributed by atoms with Gasteiger partial charge in [0.15, 0.2) is 6.61 Å². The van der Waals surface area contributed by atoms with Crippen LogP contribution in [-0.4, -0.2) is 30.6 Å². The van der Waals surface area contributed by atoms with E-state index in [1.54, 1.807) is 6.07 Å². The molecule has 3 amide bonds. The van der Waals surface area contributed by atoms with Crippen LogP contribution >= 0.6 is 0 Å². The Hall–Kier alpha value is -2.37. The van der Waals surface area contributed by atoms with Crippen LogP contribution in [0.3, 0.4) is 0 Å². The number of hydrogen-bond donors (Lipinski definition) is 2.